The molecule has 2 heterocycles. The Hall–Kier alpha value is -2.57. The van der Waals surface area contributed by atoms with E-state index in [2.05, 4.69) is 37.5 Å². The molecule has 0 unspecified atom stereocenters. The number of unbranched alkanes of at least 4 members (excludes halogenated alkanes) is 3. The second kappa shape index (κ2) is 6.46. The predicted octanol–water partition coefficient (Wildman–Crippen LogP) is 2.23. The molecule has 0 saturated heterocycles. The highest BCUT2D eigenvalue weighted by atomic mass is 16.1. The number of rotatable bonds is 6. The monoisotopic (exact) mass is 298 g/mol. The third-order valence-corrected chi connectivity index (χ3v) is 3.64. The maximum Gasteiger partial charge on any atom is 0.258 e. The molecule has 22 heavy (non-hydrogen) atoms. The zero-order valence-electron chi connectivity index (χ0n) is 12.5. The molecule has 0 fully saturated rings. The Balaban J connectivity index is 1.88. The summed E-state index contributed by atoms with van der Waals surface area (Å²) in [6.45, 7) is 2.18. The molecule has 0 amide bonds. The average molecular weight is 298 g/mol. The second-order valence-electron chi connectivity index (χ2n) is 5.31. The van der Waals surface area contributed by atoms with E-state index in [4.69, 9.17) is 0 Å². The van der Waals surface area contributed by atoms with E-state index in [-0.39, 0.29) is 5.56 Å². The van der Waals surface area contributed by atoms with Crippen molar-refractivity contribution < 1.29 is 0 Å². The minimum absolute atomic E-state index is 0.121. The summed E-state index contributed by atoms with van der Waals surface area (Å²) in [5, 5.41) is 14.2. The van der Waals surface area contributed by atoms with E-state index in [1.165, 1.54) is 12.8 Å². The lowest BCUT2D eigenvalue weighted by Gasteiger charge is -2.04. The first-order chi connectivity index (χ1) is 10.8. The molecular formula is C15H18N6O. The molecule has 0 spiro atoms. The minimum atomic E-state index is -0.121. The lowest BCUT2D eigenvalue weighted by atomic mass is 10.1. The Bertz CT molecular complexity index is 809. The van der Waals surface area contributed by atoms with Crippen LogP contribution in [0, 0.1) is 0 Å². The number of hydrogen-bond donors (Lipinski definition) is 2. The highest BCUT2D eigenvalue weighted by Gasteiger charge is 2.08. The SMILES string of the molecule is CCCCCCc1nc2ccc(-c3nnn[nH]3)cc2c(=O)[nH]1. The van der Waals surface area contributed by atoms with Gasteiger partial charge in [-0.05, 0) is 35.0 Å². The van der Waals surface area contributed by atoms with Gasteiger partial charge < -0.3 is 4.98 Å². The fraction of sp³-hybridized carbons (Fsp3) is 0.400. The molecule has 7 heteroatoms. The zero-order chi connectivity index (χ0) is 15.4. The number of aromatic amines is 2. The molecule has 0 atom stereocenters. The van der Waals surface area contributed by atoms with Crippen LogP contribution in [0.3, 0.4) is 0 Å². The number of aromatic nitrogens is 6. The summed E-state index contributed by atoms with van der Waals surface area (Å²) < 4.78 is 0. The molecule has 2 N–H and O–H groups in total. The fourth-order valence-corrected chi connectivity index (χ4v) is 2.45. The van der Waals surface area contributed by atoms with Gasteiger partial charge in [-0.25, -0.2) is 10.1 Å². The molecule has 0 bridgehead atoms. The van der Waals surface area contributed by atoms with E-state index >= 15 is 0 Å². The number of benzene rings is 1. The third kappa shape index (κ3) is 3.03. The standard InChI is InChI=1S/C15H18N6O/c1-2-3-4-5-6-13-16-12-8-7-10(14-18-20-21-19-14)9-11(12)15(22)17-13/h7-9H,2-6H2,1H3,(H,16,17,22)(H,18,19,20,21). The smallest absolute Gasteiger partial charge is 0.258 e. The van der Waals surface area contributed by atoms with Crippen LogP contribution >= 0.6 is 0 Å². The van der Waals surface area contributed by atoms with Crippen molar-refractivity contribution in [1.82, 2.24) is 30.6 Å². The summed E-state index contributed by atoms with van der Waals surface area (Å²) >= 11 is 0. The first kappa shape index (κ1) is 14.4. The van der Waals surface area contributed by atoms with Crippen LogP contribution in [0.15, 0.2) is 23.0 Å². The van der Waals surface area contributed by atoms with Crippen molar-refractivity contribution in [1.29, 1.82) is 0 Å². The van der Waals surface area contributed by atoms with E-state index in [1.807, 2.05) is 12.1 Å². The summed E-state index contributed by atoms with van der Waals surface area (Å²) in [6.07, 6.45) is 5.42. The molecule has 3 aromatic rings. The Morgan fingerprint density at radius 1 is 1.18 bits per heavy atom. The van der Waals surface area contributed by atoms with Crippen molar-refractivity contribution in [2.75, 3.05) is 0 Å². The Morgan fingerprint density at radius 3 is 2.86 bits per heavy atom. The summed E-state index contributed by atoms with van der Waals surface area (Å²) in [4.78, 5) is 19.7. The number of nitrogens with one attached hydrogen (secondary N) is 2. The molecule has 1 aromatic carbocycles. The summed E-state index contributed by atoms with van der Waals surface area (Å²) in [5.41, 5.74) is 1.34. The first-order valence-electron chi connectivity index (χ1n) is 7.55. The van der Waals surface area contributed by atoms with Crippen molar-refractivity contribution in [2.45, 2.75) is 39.0 Å². The second-order valence-corrected chi connectivity index (χ2v) is 5.31. The normalized spacial score (nSPS) is 11.1. The fourth-order valence-electron chi connectivity index (χ4n) is 2.45. The van der Waals surface area contributed by atoms with E-state index in [0.717, 1.165) is 30.7 Å². The van der Waals surface area contributed by atoms with Gasteiger partial charge in [-0.15, -0.1) is 5.10 Å². The lowest BCUT2D eigenvalue weighted by Crippen LogP contribution is -2.12. The van der Waals surface area contributed by atoms with Crippen LogP contribution in [-0.4, -0.2) is 30.6 Å². The van der Waals surface area contributed by atoms with Crippen LogP contribution in [0.5, 0.6) is 0 Å². The van der Waals surface area contributed by atoms with Crippen LogP contribution < -0.4 is 5.56 Å². The topological polar surface area (TPSA) is 100 Å². The molecule has 0 aliphatic rings. The van der Waals surface area contributed by atoms with Crippen molar-refractivity contribution in [2.24, 2.45) is 0 Å². The van der Waals surface area contributed by atoms with Gasteiger partial charge in [0.15, 0.2) is 5.82 Å². The van der Waals surface area contributed by atoms with Gasteiger partial charge in [0.2, 0.25) is 0 Å². The number of hydrogen-bond acceptors (Lipinski definition) is 5. The number of nitrogens with zero attached hydrogens (tertiary/aromatic N) is 4. The van der Waals surface area contributed by atoms with E-state index in [9.17, 15) is 4.79 Å². The van der Waals surface area contributed by atoms with Gasteiger partial charge in [-0.1, -0.05) is 26.2 Å². The summed E-state index contributed by atoms with van der Waals surface area (Å²) in [5.74, 6) is 1.28. The lowest BCUT2D eigenvalue weighted by molar-refractivity contribution is 0.652. The molecule has 0 saturated carbocycles. The van der Waals surface area contributed by atoms with Crippen molar-refractivity contribution in [3.05, 3.63) is 34.4 Å². The van der Waals surface area contributed by atoms with Crippen molar-refractivity contribution in [3.8, 4) is 11.4 Å². The van der Waals surface area contributed by atoms with Gasteiger partial charge in [0.05, 0.1) is 10.9 Å². The highest BCUT2D eigenvalue weighted by molar-refractivity contribution is 5.82. The molecule has 7 nitrogen and oxygen atoms in total. The number of H-pyrrole nitrogens is 2. The zero-order valence-corrected chi connectivity index (χ0v) is 12.5. The highest BCUT2D eigenvalue weighted by Crippen LogP contribution is 2.18. The number of aryl methyl sites for hydroxylation is 1. The molecule has 114 valence electrons. The van der Waals surface area contributed by atoms with Crippen molar-refractivity contribution in [3.63, 3.8) is 0 Å². The Morgan fingerprint density at radius 2 is 2.09 bits per heavy atom. The van der Waals surface area contributed by atoms with Crippen LogP contribution in [0.1, 0.15) is 38.4 Å². The van der Waals surface area contributed by atoms with Crippen LogP contribution in [0.2, 0.25) is 0 Å². The predicted molar refractivity (Wildman–Crippen MR) is 83.4 cm³/mol. The molecule has 2 aromatic heterocycles. The van der Waals surface area contributed by atoms with Crippen LogP contribution in [-0.2, 0) is 6.42 Å². The van der Waals surface area contributed by atoms with Gasteiger partial charge >= 0.3 is 0 Å². The molecular weight excluding hydrogens is 280 g/mol. The first-order valence-corrected chi connectivity index (χ1v) is 7.55. The van der Waals surface area contributed by atoms with Crippen LogP contribution in [0.25, 0.3) is 22.3 Å². The molecule has 0 radical (unpaired) electrons. The average Bonchev–Trinajstić information content (AvgIpc) is 3.06. The summed E-state index contributed by atoms with van der Waals surface area (Å²) in [6, 6.07) is 5.44. The minimum Gasteiger partial charge on any atom is -0.310 e. The quantitative estimate of drug-likeness (QED) is 0.680. The van der Waals surface area contributed by atoms with E-state index in [1.54, 1.807) is 6.07 Å². The molecule has 0 aliphatic heterocycles. The Labute approximate surface area is 127 Å². The molecule has 0 aliphatic carbocycles. The number of tetrazole rings is 1. The van der Waals surface area contributed by atoms with Gasteiger partial charge in [-0.3, -0.25) is 4.79 Å². The van der Waals surface area contributed by atoms with E-state index in [0.29, 0.717) is 16.7 Å². The summed E-state index contributed by atoms with van der Waals surface area (Å²) in [7, 11) is 0. The number of fused-ring (bicyclic) bond motifs is 1. The van der Waals surface area contributed by atoms with Gasteiger partial charge in [0.1, 0.15) is 5.82 Å². The largest absolute Gasteiger partial charge is 0.310 e. The van der Waals surface area contributed by atoms with Crippen LogP contribution in [0.4, 0.5) is 0 Å². The van der Waals surface area contributed by atoms with Gasteiger partial charge in [0, 0.05) is 12.0 Å². The maximum absolute atomic E-state index is 12.3. The third-order valence-electron chi connectivity index (χ3n) is 3.64. The van der Waals surface area contributed by atoms with Crippen molar-refractivity contribution >= 4 is 10.9 Å². The van der Waals surface area contributed by atoms with Gasteiger partial charge in [0.25, 0.3) is 5.56 Å². The Kier molecular flexibility index (Phi) is 4.22. The maximum atomic E-state index is 12.3. The molecule has 3 rings (SSSR count). The van der Waals surface area contributed by atoms with Gasteiger partial charge in [-0.2, -0.15) is 0 Å². The van der Waals surface area contributed by atoms with E-state index < -0.39 is 0 Å².